The van der Waals surface area contributed by atoms with Crippen molar-refractivity contribution in [2.45, 2.75) is 11.4 Å². The number of benzene rings is 2. The average molecular weight is 547 g/mol. The normalized spacial score (nSPS) is 16.8. The number of halogens is 2. The van der Waals surface area contributed by atoms with Crippen molar-refractivity contribution in [1.29, 1.82) is 0 Å². The SMILES string of the molecule is CN1CCS(=O)(=O)c2cc(Nc3ncc4c(n3)N(C)C(=O)N(c3c(F)cccc3Br)C4)ccc21. The molecule has 2 aliphatic heterocycles. The summed E-state index contributed by atoms with van der Waals surface area (Å²) in [5.41, 5.74) is 1.94. The summed E-state index contributed by atoms with van der Waals surface area (Å²) in [6.45, 7) is 0.540. The summed E-state index contributed by atoms with van der Waals surface area (Å²) in [6.07, 6.45) is 1.57. The summed E-state index contributed by atoms with van der Waals surface area (Å²) in [5, 5.41) is 3.03. The summed E-state index contributed by atoms with van der Waals surface area (Å²) < 4.78 is 40.0. The van der Waals surface area contributed by atoms with Gasteiger partial charge in [-0.1, -0.05) is 6.07 Å². The highest BCUT2D eigenvalue weighted by Crippen LogP contribution is 2.36. The van der Waals surface area contributed by atoms with Crippen molar-refractivity contribution in [2.75, 3.05) is 46.4 Å². The number of carbonyl (C=O) groups excluding carboxylic acids is 1. The van der Waals surface area contributed by atoms with E-state index < -0.39 is 21.7 Å². The molecule has 0 atom stereocenters. The number of anilines is 5. The second-order valence-corrected chi connectivity index (χ2v) is 11.0. The van der Waals surface area contributed by atoms with E-state index in [4.69, 9.17) is 0 Å². The number of para-hydroxylation sites is 1. The summed E-state index contributed by atoms with van der Waals surface area (Å²) in [6, 6.07) is 9.14. The topological polar surface area (TPSA) is 98.7 Å². The first-order valence-electron chi connectivity index (χ1n) is 10.4. The minimum Gasteiger partial charge on any atom is -0.373 e. The van der Waals surface area contributed by atoms with E-state index in [1.54, 1.807) is 43.6 Å². The van der Waals surface area contributed by atoms with Crippen LogP contribution in [0.2, 0.25) is 0 Å². The van der Waals surface area contributed by atoms with Crippen LogP contribution in [0.5, 0.6) is 0 Å². The Bertz CT molecular complexity index is 1410. The molecule has 2 aromatic carbocycles. The predicted molar refractivity (Wildman–Crippen MR) is 131 cm³/mol. The van der Waals surface area contributed by atoms with Crippen molar-refractivity contribution in [3.8, 4) is 0 Å². The van der Waals surface area contributed by atoms with Crippen LogP contribution < -0.4 is 20.0 Å². The van der Waals surface area contributed by atoms with Gasteiger partial charge in [0.2, 0.25) is 5.95 Å². The Morgan fingerprint density at radius 3 is 2.74 bits per heavy atom. The molecule has 12 heteroatoms. The molecule has 0 aliphatic carbocycles. The third-order valence-electron chi connectivity index (χ3n) is 5.87. The highest BCUT2D eigenvalue weighted by Gasteiger charge is 2.33. The highest BCUT2D eigenvalue weighted by molar-refractivity contribution is 9.10. The van der Waals surface area contributed by atoms with E-state index in [0.717, 1.165) is 0 Å². The van der Waals surface area contributed by atoms with Crippen LogP contribution in [0.1, 0.15) is 5.56 Å². The largest absolute Gasteiger partial charge is 0.373 e. The van der Waals surface area contributed by atoms with Crippen LogP contribution in [-0.4, -0.2) is 50.8 Å². The number of hydrogen-bond donors (Lipinski definition) is 1. The number of amides is 2. The molecule has 0 fully saturated rings. The lowest BCUT2D eigenvalue weighted by Gasteiger charge is -2.34. The quantitative estimate of drug-likeness (QED) is 0.531. The van der Waals surface area contributed by atoms with Gasteiger partial charge >= 0.3 is 6.03 Å². The third kappa shape index (κ3) is 3.76. The molecule has 2 amide bonds. The second-order valence-electron chi connectivity index (χ2n) is 8.09. The van der Waals surface area contributed by atoms with E-state index in [2.05, 4.69) is 31.2 Å². The van der Waals surface area contributed by atoms with Gasteiger partial charge < -0.3 is 10.2 Å². The molecule has 0 spiro atoms. The zero-order valence-corrected chi connectivity index (χ0v) is 20.7. The number of hydrogen-bond acceptors (Lipinski definition) is 7. The molecule has 9 nitrogen and oxygen atoms in total. The molecule has 0 saturated carbocycles. The van der Waals surface area contributed by atoms with Gasteiger partial charge in [-0.2, -0.15) is 4.98 Å². The standard InChI is InChI=1S/C22H20BrFN6O3S/c1-28-8-9-34(32,33)18-10-14(6-7-17(18)28)26-21-25-11-13-12-30(22(31)29(2)20(13)27-21)19-15(23)4-3-5-16(19)24/h3-7,10-11H,8-9,12H2,1-2H3,(H,25,26,27). The molecular formula is C22H20BrFN6O3S. The second kappa shape index (κ2) is 8.20. The van der Waals surface area contributed by atoms with E-state index in [0.29, 0.717) is 33.8 Å². The van der Waals surface area contributed by atoms with Crippen LogP contribution in [0.15, 0.2) is 52.0 Å². The number of nitrogens with one attached hydrogen (secondary N) is 1. The smallest absolute Gasteiger partial charge is 0.330 e. The maximum atomic E-state index is 14.5. The molecule has 0 unspecified atom stereocenters. The van der Waals surface area contributed by atoms with Crippen molar-refractivity contribution in [2.24, 2.45) is 0 Å². The number of aromatic nitrogens is 2. The van der Waals surface area contributed by atoms with Gasteiger partial charge in [-0.25, -0.2) is 22.6 Å². The zero-order chi connectivity index (χ0) is 24.2. The molecule has 3 heterocycles. The van der Waals surface area contributed by atoms with E-state index in [-0.39, 0.29) is 28.8 Å². The van der Waals surface area contributed by atoms with Crippen molar-refractivity contribution < 1.29 is 17.6 Å². The number of nitrogens with zero attached hydrogens (tertiary/aromatic N) is 5. The van der Waals surface area contributed by atoms with E-state index >= 15 is 0 Å². The summed E-state index contributed by atoms with van der Waals surface area (Å²) in [5.74, 6) is 0.125. The molecule has 0 radical (unpaired) electrons. The van der Waals surface area contributed by atoms with Gasteiger partial charge in [-0.15, -0.1) is 0 Å². The van der Waals surface area contributed by atoms with Crippen molar-refractivity contribution >= 4 is 60.6 Å². The fraction of sp³-hybridized carbons (Fsp3) is 0.227. The first kappa shape index (κ1) is 22.5. The first-order chi connectivity index (χ1) is 16.2. The molecule has 1 N–H and O–H groups in total. The molecule has 34 heavy (non-hydrogen) atoms. The average Bonchev–Trinajstić information content (AvgIpc) is 2.80. The highest BCUT2D eigenvalue weighted by atomic mass is 79.9. The number of urea groups is 1. The Balaban J connectivity index is 1.46. The summed E-state index contributed by atoms with van der Waals surface area (Å²) in [7, 11) is 0.0310. The van der Waals surface area contributed by atoms with Gasteiger partial charge in [0.05, 0.1) is 28.6 Å². The van der Waals surface area contributed by atoms with Crippen molar-refractivity contribution in [3.63, 3.8) is 0 Å². The number of carbonyl (C=O) groups is 1. The van der Waals surface area contributed by atoms with Crippen LogP contribution >= 0.6 is 15.9 Å². The monoisotopic (exact) mass is 546 g/mol. The Kier molecular flexibility index (Phi) is 5.44. The van der Waals surface area contributed by atoms with Crippen molar-refractivity contribution in [3.05, 3.63) is 58.4 Å². The van der Waals surface area contributed by atoms with Crippen LogP contribution in [0.3, 0.4) is 0 Å². The van der Waals surface area contributed by atoms with Crippen molar-refractivity contribution in [1.82, 2.24) is 9.97 Å². The van der Waals surface area contributed by atoms with Crippen LogP contribution in [0.25, 0.3) is 0 Å². The fourth-order valence-corrected chi connectivity index (χ4v) is 6.20. The van der Waals surface area contributed by atoms with E-state index in [1.165, 1.54) is 15.9 Å². The van der Waals surface area contributed by atoms with Gasteiger partial charge in [0, 0.05) is 42.6 Å². The van der Waals surface area contributed by atoms with Crippen LogP contribution in [0, 0.1) is 5.82 Å². The molecule has 5 rings (SSSR count). The van der Waals surface area contributed by atoms with Gasteiger partial charge in [-0.3, -0.25) is 9.80 Å². The first-order valence-corrected chi connectivity index (χ1v) is 12.8. The maximum Gasteiger partial charge on any atom is 0.330 e. The zero-order valence-electron chi connectivity index (χ0n) is 18.3. The molecule has 0 bridgehead atoms. The van der Waals surface area contributed by atoms with Gasteiger partial charge in [0.15, 0.2) is 9.84 Å². The van der Waals surface area contributed by atoms with Gasteiger partial charge in [-0.05, 0) is 46.3 Å². The Hall–Kier alpha value is -3.25. The molecule has 1 aromatic heterocycles. The lowest BCUT2D eigenvalue weighted by molar-refractivity contribution is 0.251. The molecule has 2 aliphatic rings. The number of rotatable bonds is 3. The fourth-order valence-electron chi connectivity index (χ4n) is 4.06. The minimum absolute atomic E-state index is 0.0524. The molecule has 176 valence electrons. The van der Waals surface area contributed by atoms with Gasteiger partial charge in [0.1, 0.15) is 11.6 Å². The van der Waals surface area contributed by atoms with Crippen LogP contribution in [0.4, 0.5) is 38.0 Å². The van der Waals surface area contributed by atoms with E-state index in [9.17, 15) is 17.6 Å². The summed E-state index contributed by atoms with van der Waals surface area (Å²) in [4.78, 5) is 26.6. The molecule has 3 aromatic rings. The lowest BCUT2D eigenvalue weighted by Crippen LogP contribution is -2.46. The summed E-state index contributed by atoms with van der Waals surface area (Å²) >= 11 is 3.32. The lowest BCUT2D eigenvalue weighted by atomic mass is 10.2. The Labute approximate surface area is 204 Å². The number of sulfone groups is 1. The minimum atomic E-state index is -3.38. The number of fused-ring (bicyclic) bond motifs is 2. The Morgan fingerprint density at radius 1 is 1.18 bits per heavy atom. The molecule has 0 saturated heterocycles. The van der Waals surface area contributed by atoms with Crippen LogP contribution in [-0.2, 0) is 16.4 Å². The van der Waals surface area contributed by atoms with Gasteiger partial charge in [0.25, 0.3) is 0 Å². The third-order valence-corrected chi connectivity index (χ3v) is 8.23. The van der Waals surface area contributed by atoms with E-state index in [1.807, 2.05) is 11.9 Å². The molecular weight excluding hydrogens is 527 g/mol. The maximum absolute atomic E-state index is 14.5. The Morgan fingerprint density at radius 2 is 1.97 bits per heavy atom. The predicted octanol–water partition coefficient (Wildman–Crippen LogP) is 3.92.